The zero-order valence-electron chi connectivity index (χ0n) is 15.5. The first kappa shape index (κ1) is 18.7. The number of benzene rings is 1. The van der Waals surface area contributed by atoms with Crippen LogP contribution in [-0.2, 0) is 0 Å². The highest BCUT2D eigenvalue weighted by molar-refractivity contribution is 7.99. The largest absolute Gasteiger partial charge is 0.491 e. The molecule has 3 aromatic rings. The average molecular weight is 372 g/mol. The van der Waals surface area contributed by atoms with Crippen LogP contribution in [0.25, 0.3) is 5.78 Å². The van der Waals surface area contributed by atoms with Gasteiger partial charge in [0.2, 0.25) is 0 Å². The number of nitrogens with zero attached hydrogens (tertiary/aromatic N) is 4. The van der Waals surface area contributed by atoms with Gasteiger partial charge < -0.3 is 9.84 Å². The SMILES string of the molecule is Cc1cc(C)n2c(SC[C@H](O)COc3ccccc3C(C)C)nnc2n1. The Labute approximate surface area is 157 Å². The van der Waals surface area contributed by atoms with Gasteiger partial charge in [0.05, 0.1) is 6.10 Å². The van der Waals surface area contributed by atoms with Gasteiger partial charge in [-0.2, -0.15) is 0 Å². The number of rotatable bonds is 7. The Kier molecular flexibility index (Phi) is 5.78. The summed E-state index contributed by atoms with van der Waals surface area (Å²) in [5.41, 5.74) is 3.08. The predicted octanol–water partition coefficient (Wildman–Crippen LogP) is 3.40. The fourth-order valence-electron chi connectivity index (χ4n) is 2.79. The molecule has 0 aliphatic rings. The van der Waals surface area contributed by atoms with Crippen molar-refractivity contribution in [2.45, 2.75) is 44.9 Å². The quantitative estimate of drug-likeness (QED) is 0.641. The highest BCUT2D eigenvalue weighted by Gasteiger charge is 2.14. The Morgan fingerprint density at radius 3 is 2.73 bits per heavy atom. The molecule has 2 heterocycles. The summed E-state index contributed by atoms with van der Waals surface area (Å²) in [7, 11) is 0. The summed E-state index contributed by atoms with van der Waals surface area (Å²) < 4.78 is 7.74. The summed E-state index contributed by atoms with van der Waals surface area (Å²) in [6.07, 6.45) is -0.605. The molecule has 0 amide bonds. The molecule has 0 saturated carbocycles. The lowest BCUT2D eigenvalue weighted by molar-refractivity contribution is 0.125. The number of ether oxygens (including phenoxy) is 1. The lowest BCUT2D eigenvalue weighted by atomic mass is 10.0. The van der Waals surface area contributed by atoms with E-state index in [1.165, 1.54) is 11.8 Å². The van der Waals surface area contributed by atoms with Crippen LogP contribution in [0.3, 0.4) is 0 Å². The minimum absolute atomic E-state index is 0.240. The first-order chi connectivity index (χ1) is 12.5. The van der Waals surface area contributed by atoms with Gasteiger partial charge in [0.25, 0.3) is 5.78 Å². The second-order valence-corrected chi connectivity index (χ2v) is 7.61. The highest BCUT2D eigenvalue weighted by atomic mass is 32.2. The van der Waals surface area contributed by atoms with Crippen molar-refractivity contribution in [3.8, 4) is 5.75 Å². The van der Waals surface area contributed by atoms with Crippen LogP contribution < -0.4 is 4.74 Å². The maximum absolute atomic E-state index is 10.3. The number of aryl methyl sites for hydroxylation is 2. The molecule has 1 atom stereocenters. The molecule has 0 unspecified atom stereocenters. The molecular weight excluding hydrogens is 348 g/mol. The van der Waals surface area contributed by atoms with E-state index in [0.717, 1.165) is 27.9 Å². The fourth-order valence-corrected chi connectivity index (χ4v) is 3.68. The number of para-hydroxylation sites is 1. The lowest BCUT2D eigenvalue weighted by Crippen LogP contribution is -2.20. The van der Waals surface area contributed by atoms with Crippen LogP contribution in [0.1, 0.15) is 36.7 Å². The Hall–Kier alpha value is -2.12. The third-order valence-electron chi connectivity index (χ3n) is 4.04. The second kappa shape index (κ2) is 8.05. The molecule has 0 saturated heterocycles. The van der Waals surface area contributed by atoms with Crippen molar-refractivity contribution in [2.75, 3.05) is 12.4 Å². The van der Waals surface area contributed by atoms with Crippen LogP contribution in [0.5, 0.6) is 5.75 Å². The molecule has 1 aromatic carbocycles. The summed E-state index contributed by atoms with van der Waals surface area (Å²) in [6, 6.07) is 9.94. The van der Waals surface area contributed by atoms with Crippen molar-refractivity contribution in [1.29, 1.82) is 0 Å². The molecule has 0 radical (unpaired) electrons. The van der Waals surface area contributed by atoms with Crippen LogP contribution in [0.15, 0.2) is 35.5 Å². The fraction of sp³-hybridized carbons (Fsp3) is 0.421. The van der Waals surface area contributed by atoms with Gasteiger partial charge >= 0.3 is 0 Å². The van der Waals surface area contributed by atoms with E-state index in [2.05, 4.69) is 35.1 Å². The maximum Gasteiger partial charge on any atom is 0.256 e. The summed E-state index contributed by atoms with van der Waals surface area (Å²) in [5, 5.41) is 19.3. The molecule has 138 valence electrons. The van der Waals surface area contributed by atoms with Gasteiger partial charge in [0.1, 0.15) is 12.4 Å². The molecular formula is C19H24N4O2S. The minimum atomic E-state index is -0.605. The molecule has 0 aliphatic carbocycles. The molecule has 26 heavy (non-hydrogen) atoms. The van der Waals surface area contributed by atoms with Gasteiger partial charge in [-0.15, -0.1) is 10.2 Å². The van der Waals surface area contributed by atoms with Crippen molar-refractivity contribution >= 4 is 17.5 Å². The van der Waals surface area contributed by atoms with Gasteiger partial charge in [-0.25, -0.2) is 4.98 Å². The molecule has 0 bridgehead atoms. The maximum atomic E-state index is 10.3. The zero-order chi connectivity index (χ0) is 18.7. The molecule has 6 nitrogen and oxygen atoms in total. The number of hydrogen-bond donors (Lipinski definition) is 1. The summed E-state index contributed by atoms with van der Waals surface area (Å²) in [6.45, 7) is 8.43. The van der Waals surface area contributed by atoms with Gasteiger partial charge in [0, 0.05) is 17.1 Å². The lowest BCUT2D eigenvalue weighted by Gasteiger charge is -2.16. The van der Waals surface area contributed by atoms with Gasteiger partial charge in [-0.1, -0.05) is 43.8 Å². The van der Waals surface area contributed by atoms with Gasteiger partial charge in [-0.3, -0.25) is 4.40 Å². The Balaban J connectivity index is 1.61. The molecule has 1 N–H and O–H groups in total. The molecule has 2 aromatic heterocycles. The molecule has 3 rings (SSSR count). The van der Waals surface area contributed by atoms with Crippen molar-refractivity contribution in [3.05, 3.63) is 47.3 Å². The smallest absolute Gasteiger partial charge is 0.256 e. The Morgan fingerprint density at radius 1 is 1.19 bits per heavy atom. The van der Waals surface area contributed by atoms with Gasteiger partial charge in [0.15, 0.2) is 5.16 Å². The standard InChI is InChI=1S/C19H24N4O2S/c1-12(2)16-7-5-6-8-17(16)25-10-15(24)11-26-19-22-21-18-20-13(3)9-14(4)23(18)19/h5-9,12,15,24H,10-11H2,1-4H3/t15-/m1/s1. The van der Waals surface area contributed by atoms with E-state index in [1.807, 2.05) is 42.5 Å². The van der Waals surface area contributed by atoms with E-state index in [4.69, 9.17) is 4.74 Å². The molecule has 7 heteroatoms. The van der Waals surface area contributed by atoms with Crippen molar-refractivity contribution in [1.82, 2.24) is 19.6 Å². The van der Waals surface area contributed by atoms with Crippen LogP contribution in [0.4, 0.5) is 0 Å². The third-order valence-corrected chi connectivity index (χ3v) is 5.11. The Bertz CT molecular complexity index is 894. The summed E-state index contributed by atoms with van der Waals surface area (Å²) in [5.74, 6) is 2.26. The second-order valence-electron chi connectivity index (χ2n) is 6.63. The monoisotopic (exact) mass is 372 g/mol. The normalized spacial score (nSPS) is 12.7. The minimum Gasteiger partial charge on any atom is -0.491 e. The Morgan fingerprint density at radius 2 is 1.96 bits per heavy atom. The highest BCUT2D eigenvalue weighted by Crippen LogP contribution is 2.26. The van der Waals surface area contributed by atoms with E-state index in [1.54, 1.807) is 0 Å². The van der Waals surface area contributed by atoms with E-state index in [-0.39, 0.29) is 6.61 Å². The average Bonchev–Trinajstić information content (AvgIpc) is 3.01. The topological polar surface area (TPSA) is 72.5 Å². The number of fused-ring (bicyclic) bond motifs is 1. The number of hydrogen-bond acceptors (Lipinski definition) is 6. The summed E-state index contributed by atoms with van der Waals surface area (Å²) in [4.78, 5) is 4.38. The predicted molar refractivity (Wildman–Crippen MR) is 103 cm³/mol. The van der Waals surface area contributed by atoms with E-state index >= 15 is 0 Å². The van der Waals surface area contributed by atoms with Crippen molar-refractivity contribution < 1.29 is 9.84 Å². The molecule has 0 aliphatic heterocycles. The third kappa shape index (κ3) is 4.16. The van der Waals surface area contributed by atoms with Crippen LogP contribution in [-0.4, -0.2) is 43.2 Å². The number of thioether (sulfide) groups is 1. The first-order valence-electron chi connectivity index (χ1n) is 8.67. The van der Waals surface area contributed by atoms with Crippen LogP contribution >= 0.6 is 11.8 Å². The van der Waals surface area contributed by atoms with Crippen molar-refractivity contribution in [3.63, 3.8) is 0 Å². The van der Waals surface area contributed by atoms with Crippen molar-refractivity contribution in [2.24, 2.45) is 0 Å². The number of aromatic nitrogens is 4. The van der Waals surface area contributed by atoms with E-state index in [0.29, 0.717) is 17.4 Å². The zero-order valence-corrected chi connectivity index (χ0v) is 16.3. The number of aliphatic hydroxyl groups excluding tert-OH is 1. The van der Waals surface area contributed by atoms with Crippen LogP contribution in [0.2, 0.25) is 0 Å². The van der Waals surface area contributed by atoms with Crippen LogP contribution in [0, 0.1) is 13.8 Å². The summed E-state index contributed by atoms with van der Waals surface area (Å²) >= 11 is 1.45. The number of aliphatic hydroxyl groups is 1. The van der Waals surface area contributed by atoms with E-state index in [9.17, 15) is 5.11 Å². The van der Waals surface area contributed by atoms with E-state index < -0.39 is 6.10 Å². The molecule has 0 fully saturated rings. The first-order valence-corrected chi connectivity index (χ1v) is 9.66. The van der Waals surface area contributed by atoms with Gasteiger partial charge in [-0.05, 0) is 37.5 Å². The molecule has 0 spiro atoms.